The maximum absolute atomic E-state index is 12.6. The molecule has 0 radical (unpaired) electrons. The van der Waals surface area contributed by atoms with Crippen LogP contribution >= 0.6 is 0 Å². The molecule has 0 saturated carbocycles. The quantitative estimate of drug-likeness (QED) is 0.692. The van der Waals surface area contributed by atoms with Gasteiger partial charge in [-0.2, -0.15) is 0 Å². The monoisotopic (exact) mass is 338 g/mol. The lowest BCUT2D eigenvalue weighted by atomic mass is 10.2. The van der Waals surface area contributed by atoms with E-state index in [0.29, 0.717) is 17.3 Å². The third-order valence-electron chi connectivity index (χ3n) is 3.71. The smallest absolute Gasteiger partial charge is 0.206 e. The summed E-state index contributed by atoms with van der Waals surface area (Å²) in [6.07, 6.45) is 0. The van der Waals surface area contributed by atoms with E-state index in [1.807, 2.05) is 37.3 Å². The molecule has 0 aliphatic carbocycles. The number of benzene rings is 3. The summed E-state index contributed by atoms with van der Waals surface area (Å²) < 4.78 is 30.9. The SMILES string of the molecule is Cc1ccc(S(=O)(=O)c2ccc(OCc3ccccc3)cc2)cc1. The van der Waals surface area contributed by atoms with E-state index in [1.165, 1.54) is 0 Å². The highest BCUT2D eigenvalue weighted by Gasteiger charge is 2.17. The molecule has 122 valence electrons. The predicted octanol–water partition coefficient (Wildman–Crippen LogP) is 4.41. The van der Waals surface area contributed by atoms with Gasteiger partial charge in [0.1, 0.15) is 12.4 Å². The standard InChI is InChI=1S/C20H18O3S/c1-16-7-11-19(12-8-16)24(21,22)20-13-9-18(10-14-20)23-15-17-5-3-2-4-6-17/h2-14H,15H2,1H3. The van der Waals surface area contributed by atoms with E-state index >= 15 is 0 Å². The molecule has 0 aromatic heterocycles. The van der Waals surface area contributed by atoms with E-state index < -0.39 is 9.84 Å². The fourth-order valence-electron chi connectivity index (χ4n) is 2.31. The van der Waals surface area contributed by atoms with Gasteiger partial charge in [0, 0.05) is 0 Å². The number of hydrogen-bond donors (Lipinski definition) is 0. The van der Waals surface area contributed by atoms with Crippen LogP contribution in [0.3, 0.4) is 0 Å². The summed E-state index contributed by atoms with van der Waals surface area (Å²) in [7, 11) is -3.50. The number of hydrogen-bond acceptors (Lipinski definition) is 3. The maximum Gasteiger partial charge on any atom is 0.206 e. The molecular formula is C20H18O3S. The zero-order valence-electron chi connectivity index (χ0n) is 13.3. The summed E-state index contributed by atoms with van der Waals surface area (Å²) in [6, 6.07) is 23.2. The van der Waals surface area contributed by atoms with Crippen LogP contribution in [0.5, 0.6) is 5.75 Å². The largest absolute Gasteiger partial charge is 0.489 e. The van der Waals surface area contributed by atoms with E-state index in [2.05, 4.69) is 0 Å². The van der Waals surface area contributed by atoms with Crippen molar-refractivity contribution in [1.29, 1.82) is 0 Å². The fraction of sp³-hybridized carbons (Fsp3) is 0.100. The summed E-state index contributed by atoms with van der Waals surface area (Å²) in [4.78, 5) is 0.560. The van der Waals surface area contributed by atoms with Crippen molar-refractivity contribution in [3.63, 3.8) is 0 Å². The van der Waals surface area contributed by atoms with Crippen molar-refractivity contribution in [3.8, 4) is 5.75 Å². The molecule has 0 unspecified atom stereocenters. The highest BCUT2D eigenvalue weighted by Crippen LogP contribution is 2.23. The third-order valence-corrected chi connectivity index (χ3v) is 5.50. The normalized spacial score (nSPS) is 11.2. The topological polar surface area (TPSA) is 43.4 Å². The Morgan fingerprint density at radius 1 is 0.750 bits per heavy atom. The van der Waals surface area contributed by atoms with E-state index in [-0.39, 0.29) is 4.90 Å². The van der Waals surface area contributed by atoms with E-state index in [4.69, 9.17) is 4.74 Å². The van der Waals surface area contributed by atoms with Gasteiger partial charge in [-0.05, 0) is 48.9 Å². The van der Waals surface area contributed by atoms with Gasteiger partial charge in [0.2, 0.25) is 9.84 Å². The molecule has 0 spiro atoms. The van der Waals surface area contributed by atoms with Crippen LogP contribution in [0.2, 0.25) is 0 Å². The minimum absolute atomic E-state index is 0.262. The average Bonchev–Trinajstić information content (AvgIpc) is 2.61. The van der Waals surface area contributed by atoms with Crippen molar-refractivity contribution in [2.45, 2.75) is 23.3 Å². The summed E-state index contributed by atoms with van der Waals surface area (Å²) in [5.74, 6) is 0.640. The molecule has 0 aliphatic rings. The summed E-state index contributed by atoms with van der Waals surface area (Å²) in [5, 5.41) is 0. The van der Waals surface area contributed by atoms with E-state index in [9.17, 15) is 8.42 Å². The Morgan fingerprint density at radius 3 is 1.88 bits per heavy atom. The van der Waals surface area contributed by atoms with Gasteiger partial charge in [0.05, 0.1) is 9.79 Å². The van der Waals surface area contributed by atoms with Crippen LogP contribution in [0.4, 0.5) is 0 Å². The number of rotatable bonds is 5. The minimum atomic E-state index is -3.50. The van der Waals surface area contributed by atoms with Crippen molar-refractivity contribution < 1.29 is 13.2 Å². The van der Waals surface area contributed by atoms with Gasteiger partial charge in [0.15, 0.2) is 0 Å². The van der Waals surface area contributed by atoms with Crippen LogP contribution in [-0.4, -0.2) is 8.42 Å². The molecule has 24 heavy (non-hydrogen) atoms. The Morgan fingerprint density at radius 2 is 1.29 bits per heavy atom. The molecule has 0 fully saturated rings. The first-order chi connectivity index (χ1) is 11.6. The zero-order chi connectivity index (χ0) is 17.0. The summed E-state index contributed by atoms with van der Waals surface area (Å²) in [5.41, 5.74) is 2.09. The van der Waals surface area contributed by atoms with Gasteiger partial charge in [-0.1, -0.05) is 48.0 Å². The van der Waals surface area contributed by atoms with Crippen LogP contribution in [0.25, 0.3) is 0 Å². The van der Waals surface area contributed by atoms with Gasteiger partial charge < -0.3 is 4.74 Å². The number of sulfone groups is 1. The molecule has 0 aliphatic heterocycles. The molecule has 0 bridgehead atoms. The zero-order valence-corrected chi connectivity index (χ0v) is 14.2. The van der Waals surface area contributed by atoms with Crippen molar-refractivity contribution in [2.24, 2.45) is 0 Å². The van der Waals surface area contributed by atoms with E-state index in [1.54, 1.807) is 48.5 Å². The third kappa shape index (κ3) is 3.66. The van der Waals surface area contributed by atoms with Gasteiger partial charge in [-0.3, -0.25) is 0 Å². The summed E-state index contributed by atoms with van der Waals surface area (Å²) in [6.45, 7) is 2.38. The molecule has 3 nitrogen and oxygen atoms in total. The Kier molecular flexibility index (Phi) is 4.67. The highest BCUT2D eigenvalue weighted by atomic mass is 32.2. The number of aryl methyl sites for hydroxylation is 1. The number of ether oxygens (including phenoxy) is 1. The van der Waals surface area contributed by atoms with Gasteiger partial charge in [0.25, 0.3) is 0 Å². The molecule has 0 saturated heterocycles. The molecule has 0 N–H and O–H groups in total. The Hall–Kier alpha value is -2.59. The fourth-order valence-corrected chi connectivity index (χ4v) is 3.57. The molecule has 3 aromatic carbocycles. The van der Waals surface area contributed by atoms with Crippen LogP contribution in [0.1, 0.15) is 11.1 Å². The second-order valence-corrected chi connectivity index (χ2v) is 7.51. The Balaban J connectivity index is 1.75. The van der Waals surface area contributed by atoms with Crippen molar-refractivity contribution in [1.82, 2.24) is 0 Å². The highest BCUT2D eigenvalue weighted by molar-refractivity contribution is 7.91. The predicted molar refractivity (Wildman–Crippen MR) is 93.8 cm³/mol. The lowest BCUT2D eigenvalue weighted by Gasteiger charge is -2.08. The Labute approximate surface area is 142 Å². The van der Waals surface area contributed by atoms with Crippen LogP contribution < -0.4 is 4.74 Å². The lowest BCUT2D eigenvalue weighted by molar-refractivity contribution is 0.306. The Bertz CT molecular complexity index is 897. The molecule has 3 aromatic rings. The molecule has 4 heteroatoms. The van der Waals surface area contributed by atoms with Crippen molar-refractivity contribution >= 4 is 9.84 Å². The lowest BCUT2D eigenvalue weighted by Crippen LogP contribution is -2.02. The molecule has 0 heterocycles. The minimum Gasteiger partial charge on any atom is -0.489 e. The first-order valence-electron chi connectivity index (χ1n) is 7.64. The van der Waals surface area contributed by atoms with Gasteiger partial charge in [-0.15, -0.1) is 0 Å². The molecule has 0 amide bonds. The van der Waals surface area contributed by atoms with Gasteiger partial charge in [-0.25, -0.2) is 8.42 Å². The summed E-state index contributed by atoms with van der Waals surface area (Å²) >= 11 is 0. The van der Waals surface area contributed by atoms with Crippen molar-refractivity contribution in [2.75, 3.05) is 0 Å². The molecule has 0 atom stereocenters. The van der Waals surface area contributed by atoms with Crippen LogP contribution in [0.15, 0.2) is 88.7 Å². The molecule has 3 rings (SSSR count). The van der Waals surface area contributed by atoms with Crippen molar-refractivity contribution in [3.05, 3.63) is 90.0 Å². The van der Waals surface area contributed by atoms with E-state index in [0.717, 1.165) is 11.1 Å². The second kappa shape index (κ2) is 6.89. The maximum atomic E-state index is 12.6. The van der Waals surface area contributed by atoms with Gasteiger partial charge >= 0.3 is 0 Å². The first-order valence-corrected chi connectivity index (χ1v) is 9.12. The van der Waals surface area contributed by atoms with Crippen LogP contribution in [-0.2, 0) is 16.4 Å². The van der Waals surface area contributed by atoms with Crippen LogP contribution in [0, 0.1) is 6.92 Å². The molecular weight excluding hydrogens is 320 g/mol. The first kappa shape index (κ1) is 16.3. The average molecular weight is 338 g/mol. The second-order valence-electron chi connectivity index (χ2n) is 5.56.